The lowest BCUT2D eigenvalue weighted by molar-refractivity contribution is 0.178. The molecule has 4 heteroatoms. The van der Waals surface area contributed by atoms with E-state index >= 15 is 0 Å². The second-order valence-electron chi connectivity index (χ2n) is 5.76. The van der Waals surface area contributed by atoms with Crippen molar-refractivity contribution in [3.8, 4) is 5.69 Å². The van der Waals surface area contributed by atoms with Gasteiger partial charge in [-0.25, -0.2) is 4.98 Å². The lowest BCUT2D eigenvalue weighted by atomic mass is 10.0. The summed E-state index contributed by atoms with van der Waals surface area (Å²) in [6.07, 6.45) is 3.12. The van der Waals surface area contributed by atoms with Gasteiger partial charge >= 0.3 is 0 Å². The van der Waals surface area contributed by atoms with E-state index in [-0.39, 0.29) is 0 Å². The van der Waals surface area contributed by atoms with Gasteiger partial charge in [0.25, 0.3) is 0 Å². The van der Waals surface area contributed by atoms with Crippen LogP contribution in [0.4, 0.5) is 0 Å². The Balaban J connectivity index is 1.71. The van der Waals surface area contributed by atoms with E-state index in [0.717, 1.165) is 32.0 Å². The van der Waals surface area contributed by atoms with E-state index in [1.165, 1.54) is 11.4 Å². The average molecular weight is 285 g/mol. The van der Waals surface area contributed by atoms with E-state index < -0.39 is 0 Å². The van der Waals surface area contributed by atoms with Crippen molar-refractivity contribution in [2.75, 3.05) is 13.2 Å². The lowest BCUT2D eigenvalue weighted by Gasteiger charge is -2.20. The van der Waals surface area contributed by atoms with Crippen molar-refractivity contribution in [2.24, 2.45) is 5.92 Å². The zero-order valence-corrected chi connectivity index (χ0v) is 12.7. The summed E-state index contributed by atoms with van der Waals surface area (Å²) in [7, 11) is 0. The summed E-state index contributed by atoms with van der Waals surface area (Å²) in [4.78, 5) is 4.47. The molecule has 1 fully saturated rings. The Bertz CT molecular complexity index is 573. The van der Waals surface area contributed by atoms with E-state index in [2.05, 4.69) is 46.1 Å². The molecule has 2 atom stereocenters. The smallest absolute Gasteiger partial charge is 0.110 e. The lowest BCUT2D eigenvalue weighted by Crippen LogP contribution is -2.33. The number of aryl methyl sites for hydroxylation is 1. The molecule has 0 amide bonds. The monoisotopic (exact) mass is 285 g/mol. The number of benzene rings is 1. The Kier molecular flexibility index (Phi) is 4.36. The molecule has 2 heterocycles. The number of para-hydroxylation sites is 1. The van der Waals surface area contributed by atoms with Crippen LogP contribution in [0.2, 0.25) is 0 Å². The maximum Gasteiger partial charge on any atom is 0.110 e. The van der Waals surface area contributed by atoms with Gasteiger partial charge in [-0.1, -0.05) is 18.2 Å². The minimum Gasteiger partial charge on any atom is -0.381 e. The molecule has 1 saturated heterocycles. The van der Waals surface area contributed by atoms with Crippen LogP contribution in [0, 0.1) is 12.8 Å². The first-order valence-corrected chi connectivity index (χ1v) is 7.65. The van der Waals surface area contributed by atoms with Crippen LogP contribution < -0.4 is 5.32 Å². The van der Waals surface area contributed by atoms with Crippen LogP contribution in [0.25, 0.3) is 5.69 Å². The quantitative estimate of drug-likeness (QED) is 0.918. The second-order valence-corrected chi connectivity index (χ2v) is 5.76. The van der Waals surface area contributed by atoms with Gasteiger partial charge in [-0.2, -0.15) is 0 Å². The molecular weight excluding hydrogens is 262 g/mol. The molecular formula is C17H23N3O. The number of hydrogen-bond donors (Lipinski definition) is 1. The highest BCUT2D eigenvalue weighted by molar-refractivity contribution is 5.35. The van der Waals surface area contributed by atoms with E-state index in [1.807, 2.05) is 19.2 Å². The van der Waals surface area contributed by atoms with Crippen molar-refractivity contribution >= 4 is 0 Å². The van der Waals surface area contributed by atoms with E-state index in [1.54, 1.807) is 0 Å². The standard InChI is InChI=1S/C17H23N3O/c1-13(15-8-9-21-12-15)18-10-17-11-19-14(2)20(17)16-6-4-3-5-7-16/h3-7,11,13,15,18H,8-10,12H2,1-2H3. The topological polar surface area (TPSA) is 39.1 Å². The number of nitrogens with one attached hydrogen (secondary N) is 1. The predicted molar refractivity (Wildman–Crippen MR) is 83.5 cm³/mol. The van der Waals surface area contributed by atoms with Gasteiger partial charge in [0.1, 0.15) is 5.82 Å². The first kappa shape index (κ1) is 14.3. The fourth-order valence-electron chi connectivity index (χ4n) is 2.92. The number of imidazole rings is 1. The van der Waals surface area contributed by atoms with Crippen molar-refractivity contribution in [1.29, 1.82) is 0 Å². The molecule has 112 valence electrons. The molecule has 0 spiro atoms. The summed E-state index contributed by atoms with van der Waals surface area (Å²) < 4.78 is 7.68. The van der Waals surface area contributed by atoms with Crippen LogP contribution >= 0.6 is 0 Å². The molecule has 2 aromatic rings. The number of nitrogens with zero attached hydrogens (tertiary/aromatic N) is 2. The number of rotatable bonds is 5. The van der Waals surface area contributed by atoms with E-state index in [0.29, 0.717) is 12.0 Å². The molecule has 4 nitrogen and oxygen atoms in total. The van der Waals surface area contributed by atoms with Crippen molar-refractivity contribution in [3.05, 3.63) is 48.0 Å². The molecule has 1 aliphatic rings. The van der Waals surface area contributed by atoms with E-state index in [9.17, 15) is 0 Å². The SMILES string of the molecule is Cc1ncc(CNC(C)C2CCOC2)n1-c1ccccc1. The van der Waals surface area contributed by atoms with Crippen LogP contribution in [0.3, 0.4) is 0 Å². The van der Waals surface area contributed by atoms with Gasteiger partial charge in [-0.15, -0.1) is 0 Å². The second kappa shape index (κ2) is 6.41. The fourth-order valence-corrected chi connectivity index (χ4v) is 2.92. The number of aromatic nitrogens is 2. The zero-order chi connectivity index (χ0) is 14.7. The molecule has 1 aromatic carbocycles. The molecule has 1 aliphatic heterocycles. The van der Waals surface area contributed by atoms with Crippen molar-refractivity contribution in [1.82, 2.24) is 14.9 Å². The highest BCUT2D eigenvalue weighted by atomic mass is 16.5. The van der Waals surface area contributed by atoms with Crippen LogP contribution in [0.5, 0.6) is 0 Å². The summed E-state index contributed by atoms with van der Waals surface area (Å²) >= 11 is 0. The summed E-state index contributed by atoms with van der Waals surface area (Å²) in [5.74, 6) is 1.65. The molecule has 0 saturated carbocycles. The first-order chi connectivity index (χ1) is 10.3. The highest BCUT2D eigenvalue weighted by Gasteiger charge is 2.22. The van der Waals surface area contributed by atoms with Gasteiger partial charge < -0.3 is 10.1 Å². The van der Waals surface area contributed by atoms with Gasteiger partial charge in [0.2, 0.25) is 0 Å². The van der Waals surface area contributed by atoms with Crippen LogP contribution in [-0.4, -0.2) is 28.8 Å². The Morgan fingerprint density at radius 3 is 2.90 bits per heavy atom. The van der Waals surface area contributed by atoms with Gasteiger partial charge in [0.15, 0.2) is 0 Å². The molecule has 2 unspecified atom stereocenters. The molecule has 0 radical (unpaired) electrons. The van der Waals surface area contributed by atoms with Gasteiger partial charge in [-0.05, 0) is 38.3 Å². The number of hydrogen-bond acceptors (Lipinski definition) is 3. The largest absolute Gasteiger partial charge is 0.381 e. The van der Waals surface area contributed by atoms with Crippen LogP contribution in [-0.2, 0) is 11.3 Å². The third-order valence-electron chi connectivity index (χ3n) is 4.30. The summed E-state index contributed by atoms with van der Waals surface area (Å²) in [6.45, 7) is 6.90. The van der Waals surface area contributed by atoms with Crippen molar-refractivity contribution in [3.63, 3.8) is 0 Å². The maximum absolute atomic E-state index is 5.47. The maximum atomic E-state index is 5.47. The van der Waals surface area contributed by atoms with Gasteiger partial charge in [0, 0.05) is 24.9 Å². The minimum absolute atomic E-state index is 0.465. The Morgan fingerprint density at radius 1 is 1.38 bits per heavy atom. The molecule has 1 N–H and O–H groups in total. The van der Waals surface area contributed by atoms with Crippen molar-refractivity contribution in [2.45, 2.75) is 32.9 Å². The summed E-state index contributed by atoms with van der Waals surface area (Å²) in [6, 6.07) is 10.9. The van der Waals surface area contributed by atoms with Crippen molar-refractivity contribution < 1.29 is 4.74 Å². The van der Waals surface area contributed by atoms with E-state index in [4.69, 9.17) is 4.74 Å². The van der Waals surface area contributed by atoms with Crippen LogP contribution in [0.15, 0.2) is 36.5 Å². The summed E-state index contributed by atoms with van der Waals surface area (Å²) in [5.41, 5.74) is 2.37. The molecule has 0 bridgehead atoms. The van der Waals surface area contributed by atoms with Crippen LogP contribution in [0.1, 0.15) is 24.9 Å². The molecule has 21 heavy (non-hydrogen) atoms. The first-order valence-electron chi connectivity index (χ1n) is 7.65. The molecule has 1 aromatic heterocycles. The zero-order valence-electron chi connectivity index (χ0n) is 12.7. The molecule has 0 aliphatic carbocycles. The highest BCUT2D eigenvalue weighted by Crippen LogP contribution is 2.18. The Hall–Kier alpha value is -1.65. The fraction of sp³-hybridized carbons (Fsp3) is 0.471. The normalized spacial score (nSPS) is 19.8. The predicted octanol–water partition coefficient (Wildman–Crippen LogP) is 2.70. The number of ether oxygens (including phenoxy) is 1. The average Bonchev–Trinajstić information content (AvgIpc) is 3.15. The summed E-state index contributed by atoms with van der Waals surface area (Å²) in [5, 5.41) is 3.62. The minimum atomic E-state index is 0.465. The molecule has 3 rings (SSSR count). The Morgan fingerprint density at radius 2 is 2.19 bits per heavy atom. The third-order valence-corrected chi connectivity index (χ3v) is 4.30. The Labute approximate surface area is 126 Å². The van der Waals surface area contributed by atoms with Gasteiger partial charge in [0.05, 0.1) is 18.5 Å². The van der Waals surface area contributed by atoms with Gasteiger partial charge in [-0.3, -0.25) is 4.57 Å². The third kappa shape index (κ3) is 3.17.